The van der Waals surface area contributed by atoms with Gasteiger partial charge in [0.15, 0.2) is 0 Å². The summed E-state index contributed by atoms with van der Waals surface area (Å²) in [5.74, 6) is 0.718. The zero-order valence-corrected chi connectivity index (χ0v) is 10.7. The molecule has 4 nitrogen and oxygen atoms in total. The van der Waals surface area contributed by atoms with Gasteiger partial charge in [0.05, 0.1) is 0 Å². The van der Waals surface area contributed by atoms with Gasteiger partial charge in [0.2, 0.25) is 5.88 Å². The van der Waals surface area contributed by atoms with E-state index in [2.05, 4.69) is 15.3 Å². The number of thioether (sulfide) groups is 1. The minimum absolute atomic E-state index is 0.318. The Labute approximate surface area is 106 Å². The predicted octanol–water partition coefficient (Wildman–Crippen LogP) is 1.86. The number of hydrogen-bond donors (Lipinski definition) is 1. The molecule has 1 aromatic rings. The van der Waals surface area contributed by atoms with Crippen LogP contribution in [0.5, 0.6) is 5.88 Å². The molecule has 2 saturated heterocycles. The van der Waals surface area contributed by atoms with Crippen molar-refractivity contribution in [2.75, 3.05) is 6.26 Å². The van der Waals surface area contributed by atoms with Crippen molar-refractivity contribution >= 4 is 11.8 Å². The molecule has 0 spiro atoms. The second-order valence-corrected chi connectivity index (χ2v) is 5.57. The van der Waals surface area contributed by atoms with E-state index in [1.807, 2.05) is 12.3 Å². The van der Waals surface area contributed by atoms with Gasteiger partial charge in [-0.05, 0) is 31.9 Å². The Hall–Kier alpha value is -0.810. The van der Waals surface area contributed by atoms with Gasteiger partial charge in [-0.1, -0.05) is 0 Å². The molecule has 0 amide bonds. The summed E-state index contributed by atoms with van der Waals surface area (Å²) in [5.41, 5.74) is 0. The lowest BCUT2D eigenvalue weighted by Crippen LogP contribution is -2.42. The zero-order chi connectivity index (χ0) is 11.7. The first-order valence-electron chi connectivity index (χ1n) is 6.12. The van der Waals surface area contributed by atoms with E-state index in [-0.39, 0.29) is 0 Å². The lowest BCUT2D eigenvalue weighted by molar-refractivity contribution is 0.131. The van der Waals surface area contributed by atoms with Crippen LogP contribution in [-0.2, 0) is 0 Å². The highest BCUT2D eigenvalue weighted by atomic mass is 32.2. The highest BCUT2D eigenvalue weighted by Crippen LogP contribution is 2.29. The van der Waals surface area contributed by atoms with Gasteiger partial charge in [-0.15, -0.1) is 11.8 Å². The Morgan fingerprint density at radius 3 is 2.76 bits per heavy atom. The van der Waals surface area contributed by atoms with Crippen LogP contribution in [0.25, 0.3) is 0 Å². The number of nitrogens with zero attached hydrogens (tertiary/aromatic N) is 2. The van der Waals surface area contributed by atoms with Gasteiger partial charge in [-0.3, -0.25) is 0 Å². The van der Waals surface area contributed by atoms with Gasteiger partial charge in [0.1, 0.15) is 17.5 Å². The fourth-order valence-electron chi connectivity index (χ4n) is 2.77. The van der Waals surface area contributed by atoms with Gasteiger partial charge in [-0.25, -0.2) is 9.97 Å². The Balaban J connectivity index is 1.66. The van der Waals surface area contributed by atoms with Crippen LogP contribution in [0.1, 0.15) is 25.7 Å². The minimum Gasteiger partial charge on any atom is -0.474 e. The summed E-state index contributed by atoms with van der Waals surface area (Å²) in [6.07, 6.45) is 8.71. The van der Waals surface area contributed by atoms with Crippen molar-refractivity contribution < 1.29 is 4.74 Å². The third kappa shape index (κ3) is 2.55. The van der Waals surface area contributed by atoms with Crippen molar-refractivity contribution in [3.05, 3.63) is 12.4 Å². The molecule has 1 N–H and O–H groups in total. The third-order valence-electron chi connectivity index (χ3n) is 3.54. The molecule has 2 aliphatic rings. The Morgan fingerprint density at radius 2 is 2.06 bits per heavy atom. The van der Waals surface area contributed by atoms with E-state index in [4.69, 9.17) is 4.74 Å². The number of rotatable bonds is 3. The normalized spacial score (nSPS) is 31.5. The van der Waals surface area contributed by atoms with Crippen LogP contribution >= 0.6 is 11.8 Å². The van der Waals surface area contributed by atoms with Crippen LogP contribution < -0.4 is 10.1 Å². The number of nitrogens with one attached hydrogen (secondary N) is 1. The largest absolute Gasteiger partial charge is 0.474 e. The quantitative estimate of drug-likeness (QED) is 0.656. The number of aromatic nitrogens is 2. The van der Waals surface area contributed by atoms with Crippen molar-refractivity contribution in [1.82, 2.24) is 15.3 Å². The highest BCUT2D eigenvalue weighted by molar-refractivity contribution is 7.98. The van der Waals surface area contributed by atoms with Crippen LogP contribution in [0.15, 0.2) is 17.4 Å². The van der Waals surface area contributed by atoms with Crippen LogP contribution in [0.2, 0.25) is 0 Å². The molecule has 3 heterocycles. The standard InChI is InChI=1S/C12H17N3OS/c1-17-12-6-11(13-7-14-12)16-10-4-8-2-3-9(5-10)15-8/h6-10,15H,2-5H2,1H3. The molecule has 0 aromatic carbocycles. The van der Waals surface area contributed by atoms with E-state index in [1.54, 1.807) is 18.1 Å². The molecule has 3 rings (SSSR count). The molecule has 1 aromatic heterocycles. The van der Waals surface area contributed by atoms with Crippen molar-refractivity contribution in [2.24, 2.45) is 0 Å². The topological polar surface area (TPSA) is 47.0 Å². The Morgan fingerprint density at radius 1 is 1.29 bits per heavy atom. The summed E-state index contributed by atoms with van der Waals surface area (Å²) in [7, 11) is 0. The molecule has 0 radical (unpaired) electrons. The number of fused-ring (bicyclic) bond motifs is 2. The molecule has 2 atom stereocenters. The molecule has 92 valence electrons. The summed E-state index contributed by atoms with van der Waals surface area (Å²) in [6, 6.07) is 3.23. The van der Waals surface area contributed by atoms with E-state index in [9.17, 15) is 0 Å². The van der Waals surface area contributed by atoms with Crippen LogP contribution in [0.3, 0.4) is 0 Å². The van der Waals surface area contributed by atoms with E-state index < -0.39 is 0 Å². The second kappa shape index (κ2) is 4.82. The Kier molecular flexibility index (Phi) is 3.20. The fourth-order valence-corrected chi connectivity index (χ4v) is 3.14. The third-order valence-corrected chi connectivity index (χ3v) is 4.18. The summed E-state index contributed by atoms with van der Waals surface area (Å²) >= 11 is 1.61. The molecule has 2 unspecified atom stereocenters. The van der Waals surface area contributed by atoms with E-state index >= 15 is 0 Å². The van der Waals surface area contributed by atoms with Gasteiger partial charge in [-0.2, -0.15) is 0 Å². The average molecular weight is 251 g/mol. The molecule has 2 aliphatic heterocycles. The first kappa shape index (κ1) is 11.3. The van der Waals surface area contributed by atoms with Crippen molar-refractivity contribution in [3.63, 3.8) is 0 Å². The SMILES string of the molecule is CSc1cc(OC2CC3CCC(C2)N3)ncn1. The lowest BCUT2D eigenvalue weighted by atomic mass is 10.0. The lowest BCUT2D eigenvalue weighted by Gasteiger charge is -2.29. The van der Waals surface area contributed by atoms with Crippen LogP contribution in [0.4, 0.5) is 0 Å². The molecule has 2 fully saturated rings. The van der Waals surface area contributed by atoms with Crippen molar-refractivity contribution in [1.29, 1.82) is 0 Å². The van der Waals surface area contributed by atoms with E-state index in [0.29, 0.717) is 18.2 Å². The summed E-state index contributed by atoms with van der Waals surface area (Å²) in [6.45, 7) is 0. The van der Waals surface area contributed by atoms with E-state index in [1.165, 1.54) is 12.8 Å². The molecule has 2 bridgehead atoms. The second-order valence-electron chi connectivity index (χ2n) is 4.75. The molecule has 0 saturated carbocycles. The maximum atomic E-state index is 5.97. The summed E-state index contributed by atoms with van der Waals surface area (Å²) in [5, 5.41) is 4.58. The van der Waals surface area contributed by atoms with Crippen molar-refractivity contribution in [3.8, 4) is 5.88 Å². The average Bonchev–Trinajstić information content (AvgIpc) is 2.69. The highest BCUT2D eigenvalue weighted by Gasteiger charge is 2.34. The number of ether oxygens (including phenoxy) is 1. The predicted molar refractivity (Wildman–Crippen MR) is 67.4 cm³/mol. The van der Waals surface area contributed by atoms with Crippen LogP contribution in [0, 0.1) is 0 Å². The number of piperidine rings is 1. The molecular formula is C12H17N3OS. The summed E-state index contributed by atoms with van der Waals surface area (Å²) < 4.78 is 5.97. The van der Waals surface area contributed by atoms with E-state index in [0.717, 1.165) is 23.7 Å². The van der Waals surface area contributed by atoms with Gasteiger partial charge < -0.3 is 10.1 Å². The zero-order valence-electron chi connectivity index (χ0n) is 9.93. The number of hydrogen-bond acceptors (Lipinski definition) is 5. The van der Waals surface area contributed by atoms with Crippen LogP contribution in [-0.4, -0.2) is 34.4 Å². The smallest absolute Gasteiger partial charge is 0.217 e. The molecule has 0 aliphatic carbocycles. The fraction of sp³-hybridized carbons (Fsp3) is 0.667. The molecule has 17 heavy (non-hydrogen) atoms. The van der Waals surface area contributed by atoms with Gasteiger partial charge in [0, 0.05) is 18.2 Å². The van der Waals surface area contributed by atoms with Gasteiger partial charge in [0.25, 0.3) is 0 Å². The maximum absolute atomic E-state index is 5.97. The maximum Gasteiger partial charge on any atom is 0.217 e. The minimum atomic E-state index is 0.318. The van der Waals surface area contributed by atoms with Gasteiger partial charge >= 0.3 is 0 Å². The summed E-state index contributed by atoms with van der Waals surface area (Å²) in [4.78, 5) is 8.34. The monoisotopic (exact) mass is 251 g/mol. The van der Waals surface area contributed by atoms with Crippen molar-refractivity contribution in [2.45, 2.75) is 48.9 Å². The molecular weight excluding hydrogens is 234 g/mol. The first-order valence-corrected chi connectivity index (χ1v) is 7.34. The first-order chi connectivity index (χ1) is 8.33. The Bertz CT molecular complexity index is 389. The molecule has 5 heteroatoms.